The van der Waals surface area contributed by atoms with Crippen LogP contribution in [0.25, 0.3) is 22.2 Å². The van der Waals surface area contributed by atoms with Gasteiger partial charge in [-0.3, -0.25) is 0 Å². The van der Waals surface area contributed by atoms with E-state index in [0.717, 1.165) is 30.3 Å². The van der Waals surface area contributed by atoms with Gasteiger partial charge in [-0.25, -0.2) is 9.97 Å². The zero-order chi connectivity index (χ0) is 26.5. The Balaban J connectivity index is 1.50. The third kappa shape index (κ3) is 5.15. The smallest absolute Gasteiger partial charge is 0.352 e. The Morgan fingerprint density at radius 1 is 0.811 bits per heavy atom. The summed E-state index contributed by atoms with van der Waals surface area (Å²) < 4.78 is 80.8. The van der Waals surface area contributed by atoms with E-state index in [1.807, 2.05) is 9.80 Å². The van der Waals surface area contributed by atoms with E-state index in [4.69, 9.17) is 23.2 Å². The number of hydrogen-bond acceptors (Lipinski definition) is 4. The Hall–Kier alpha value is -3.18. The summed E-state index contributed by atoms with van der Waals surface area (Å²) in [6, 6.07) is 7.51. The lowest BCUT2D eigenvalue weighted by Crippen LogP contribution is -2.47. The van der Waals surface area contributed by atoms with Crippen molar-refractivity contribution in [3.63, 3.8) is 0 Å². The molecule has 0 amide bonds. The van der Waals surface area contributed by atoms with Gasteiger partial charge in [0.2, 0.25) is 5.95 Å². The van der Waals surface area contributed by atoms with Gasteiger partial charge in [-0.2, -0.15) is 26.3 Å². The number of fused-ring (bicyclic) bond motifs is 1. The molecule has 4 aromatic rings. The average Bonchev–Trinajstić information content (AvgIpc) is 3.27. The molecule has 1 fully saturated rings. The minimum atomic E-state index is -4.70. The van der Waals surface area contributed by atoms with Gasteiger partial charge in [0.1, 0.15) is 5.82 Å². The minimum Gasteiger partial charge on any atom is -0.352 e. The maximum atomic E-state index is 13.6. The number of aromatic amines is 1. The van der Waals surface area contributed by atoms with Crippen molar-refractivity contribution < 1.29 is 26.3 Å². The maximum absolute atomic E-state index is 13.6. The van der Waals surface area contributed by atoms with Crippen LogP contribution in [0.2, 0.25) is 10.0 Å². The molecule has 1 aliphatic heterocycles. The van der Waals surface area contributed by atoms with E-state index in [0.29, 0.717) is 48.0 Å². The van der Waals surface area contributed by atoms with Crippen molar-refractivity contribution >= 4 is 46.0 Å². The molecule has 5 nitrogen and oxygen atoms in total. The highest BCUT2D eigenvalue weighted by Gasteiger charge is 2.34. The lowest BCUT2D eigenvalue weighted by atomic mass is 9.99. The van der Waals surface area contributed by atoms with E-state index in [9.17, 15) is 26.3 Å². The molecule has 0 spiro atoms. The summed E-state index contributed by atoms with van der Waals surface area (Å²) in [7, 11) is 0. The zero-order valence-electron chi connectivity index (χ0n) is 18.8. The molecule has 2 aromatic heterocycles. The fourth-order valence-corrected chi connectivity index (χ4v) is 4.77. The lowest BCUT2D eigenvalue weighted by Gasteiger charge is -2.35. The molecule has 1 aliphatic rings. The normalized spacial score (nSPS) is 15.0. The highest BCUT2D eigenvalue weighted by atomic mass is 35.5. The monoisotopic (exact) mass is 559 g/mol. The van der Waals surface area contributed by atoms with Crippen LogP contribution in [-0.4, -0.2) is 41.1 Å². The van der Waals surface area contributed by atoms with Gasteiger partial charge in [-0.15, -0.1) is 0 Å². The van der Waals surface area contributed by atoms with Crippen molar-refractivity contribution in [2.24, 2.45) is 0 Å². The fraction of sp³-hybridized carbons (Fsp3) is 0.250. The first-order valence-corrected chi connectivity index (χ1v) is 11.8. The molecule has 3 heterocycles. The molecular formula is C24H17Cl2F6N5. The number of nitrogens with one attached hydrogen (secondary N) is 1. The topological polar surface area (TPSA) is 48.1 Å². The molecule has 0 saturated carbocycles. The van der Waals surface area contributed by atoms with Crippen molar-refractivity contribution in [2.45, 2.75) is 12.4 Å². The van der Waals surface area contributed by atoms with Crippen molar-refractivity contribution in [3.05, 3.63) is 69.8 Å². The summed E-state index contributed by atoms with van der Waals surface area (Å²) >= 11 is 12.2. The Labute approximate surface area is 216 Å². The molecule has 13 heteroatoms. The van der Waals surface area contributed by atoms with Crippen LogP contribution in [-0.2, 0) is 12.4 Å². The lowest BCUT2D eigenvalue weighted by molar-refractivity contribution is -0.138. The number of hydrogen-bond donors (Lipinski definition) is 1. The quantitative estimate of drug-likeness (QED) is 0.268. The predicted octanol–water partition coefficient (Wildman–Crippen LogP) is 7.30. The first kappa shape index (κ1) is 25.5. The second kappa shape index (κ2) is 9.29. The predicted molar refractivity (Wildman–Crippen MR) is 130 cm³/mol. The maximum Gasteiger partial charge on any atom is 0.416 e. The van der Waals surface area contributed by atoms with Gasteiger partial charge in [-0.05, 0) is 35.9 Å². The molecule has 194 valence electrons. The number of imidazole rings is 1. The minimum absolute atomic E-state index is 0.0164. The highest BCUT2D eigenvalue weighted by Crippen LogP contribution is 2.39. The van der Waals surface area contributed by atoms with Crippen molar-refractivity contribution in [3.8, 4) is 11.1 Å². The molecule has 0 unspecified atom stereocenters. The fourth-order valence-electron chi connectivity index (χ4n) is 4.27. The van der Waals surface area contributed by atoms with Gasteiger partial charge in [-0.1, -0.05) is 35.3 Å². The molecule has 37 heavy (non-hydrogen) atoms. The molecule has 2 aromatic carbocycles. The molecule has 5 rings (SSSR count). The van der Waals surface area contributed by atoms with Gasteiger partial charge in [0.25, 0.3) is 0 Å². The molecule has 0 radical (unpaired) electrons. The highest BCUT2D eigenvalue weighted by molar-refractivity contribution is 6.36. The summed E-state index contributed by atoms with van der Waals surface area (Å²) in [5.74, 6) is 0.884. The van der Waals surface area contributed by atoms with Crippen LogP contribution in [0, 0.1) is 0 Å². The number of H-pyrrole nitrogens is 1. The molecule has 0 bridgehead atoms. The number of alkyl halides is 6. The molecule has 0 aliphatic carbocycles. The Morgan fingerprint density at radius 3 is 2.14 bits per heavy atom. The third-order valence-corrected chi connectivity index (χ3v) is 6.55. The van der Waals surface area contributed by atoms with E-state index in [2.05, 4.69) is 15.0 Å². The number of rotatable bonds is 3. The first-order chi connectivity index (χ1) is 17.4. The average molecular weight is 560 g/mol. The van der Waals surface area contributed by atoms with Crippen LogP contribution < -0.4 is 9.80 Å². The summed E-state index contributed by atoms with van der Waals surface area (Å²) in [6.45, 7) is 1.90. The van der Waals surface area contributed by atoms with Gasteiger partial charge >= 0.3 is 12.4 Å². The Morgan fingerprint density at radius 2 is 1.49 bits per heavy atom. The molecular weight excluding hydrogens is 543 g/mol. The van der Waals surface area contributed by atoms with E-state index >= 15 is 0 Å². The number of pyridine rings is 1. The third-order valence-electron chi connectivity index (χ3n) is 6.07. The number of aromatic nitrogens is 3. The second-order valence-electron chi connectivity index (χ2n) is 8.49. The van der Waals surface area contributed by atoms with Gasteiger partial charge in [0, 0.05) is 37.9 Å². The van der Waals surface area contributed by atoms with Crippen LogP contribution in [0.15, 0.2) is 48.7 Å². The standard InChI is InChI=1S/C24H17Cl2F6N5/c25-16-11-18(26)21(33-12-16)36-4-6-37(7-5-36)22-34-19-10-15(24(30,31)32)9-17(20(19)35-22)13-2-1-3-14(8-13)23(27,28)29/h1-3,8-12H,4-7H2,(H,34,35). The van der Waals surface area contributed by atoms with Crippen LogP contribution in [0.3, 0.4) is 0 Å². The first-order valence-electron chi connectivity index (χ1n) is 11.0. The van der Waals surface area contributed by atoms with Gasteiger partial charge in [0.05, 0.1) is 32.2 Å². The largest absolute Gasteiger partial charge is 0.416 e. The molecule has 1 N–H and O–H groups in total. The zero-order valence-corrected chi connectivity index (χ0v) is 20.3. The van der Waals surface area contributed by atoms with Crippen molar-refractivity contribution in [2.75, 3.05) is 36.0 Å². The summed E-state index contributed by atoms with van der Waals surface area (Å²) in [5.41, 5.74) is -1.80. The molecule has 0 atom stereocenters. The van der Waals surface area contributed by atoms with E-state index in [1.165, 1.54) is 12.3 Å². The van der Waals surface area contributed by atoms with Crippen LogP contribution in [0.5, 0.6) is 0 Å². The number of piperazine rings is 1. The van der Waals surface area contributed by atoms with E-state index in [-0.39, 0.29) is 22.2 Å². The van der Waals surface area contributed by atoms with Crippen molar-refractivity contribution in [1.29, 1.82) is 0 Å². The summed E-state index contributed by atoms with van der Waals surface area (Å²) in [4.78, 5) is 15.5. The number of anilines is 2. The SMILES string of the molecule is FC(F)(F)c1cccc(-c2cc(C(F)(F)F)cc3[nH]c(N4CCN(c5ncc(Cl)cc5Cl)CC4)nc23)c1. The number of benzene rings is 2. The second-order valence-corrected chi connectivity index (χ2v) is 9.33. The molecule has 1 saturated heterocycles. The van der Waals surface area contributed by atoms with Crippen LogP contribution >= 0.6 is 23.2 Å². The van der Waals surface area contributed by atoms with Crippen LogP contribution in [0.4, 0.5) is 38.1 Å². The van der Waals surface area contributed by atoms with Gasteiger partial charge < -0.3 is 14.8 Å². The Kier molecular flexibility index (Phi) is 6.39. The summed E-state index contributed by atoms with van der Waals surface area (Å²) in [5, 5.41) is 0.805. The number of nitrogens with zero attached hydrogens (tertiary/aromatic N) is 4. The van der Waals surface area contributed by atoms with Crippen molar-refractivity contribution in [1.82, 2.24) is 15.0 Å². The summed E-state index contributed by atoms with van der Waals surface area (Å²) in [6.07, 6.45) is -7.86. The van der Waals surface area contributed by atoms with E-state index in [1.54, 1.807) is 6.07 Å². The van der Waals surface area contributed by atoms with E-state index < -0.39 is 23.5 Å². The van der Waals surface area contributed by atoms with Gasteiger partial charge in [0.15, 0.2) is 0 Å². The number of halogens is 8. The Bertz CT molecular complexity index is 1460. The van der Waals surface area contributed by atoms with Crippen LogP contribution in [0.1, 0.15) is 11.1 Å².